The molecule has 16 heavy (non-hydrogen) atoms. The molecule has 0 N–H and O–H groups in total. The Morgan fingerprint density at radius 3 is 2.75 bits per heavy atom. The molecule has 1 fully saturated rings. The number of nitrogens with zero attached hydrogens (tertiary/aromatic N) is 2. The molecule has 1 saturated carbocycles. The van der Waals surface area contributed by atoms with Crippen molar-refractivity contribution in [3.63, 3.8) is 0 Å². The van der Waals surface area contributed by atoms with Crippen LogP contribution in [-0.4, -0.2) is 17.6 Å². The first kappa shape index (κ1) is 11.9. The van der Waals surface area contributed by atoms with E-state index < -0.39 is 0 Å². The summed E-state index contributed by atoms with van der Waals surface area (Å²) in [6, 6.07) is 2.93. The van der Waals surface area contributed by atoms with Crippen molar-refractivity contribution in [2.24, 2.45) is 5.92 Å². The molecule has 1 aliphatic rings. The van der Waals surface area contributed by atoms with E-state index in [1.54, 1.807) is 0 Å². The van der Waals surface area contributed by atoms with E-state index in [0.29, 0.717) is 0 Å². The maximum absolute atomic E-state index is 4.25. The Balaban J connectivity index is 2.06. The van der Waals surface area contributed by atoms with Gasteiger partial charge >= 0.3 is 0 Å². The lowest BCUT2D eigenvalue weighted by Gasteiger charge is -2.25. The number of rotatable bonds is 5. The van der Waals surface area contributed by atoms with Crippen LogP contribution in [-0.2, 0) is 0 Å². The first-order valence-electron chi connectivity index (χ1n) is 6.04. The van der Waals surface area contributed by atoms with Crippen LogP contribution in [0.1, 0.15) is 33.1 Å². The first-order valence-corrected chi connectivity index (χ1v) is 6.83. The molecule has 0 spiro atoms. The molecule has 0 aromatic carbocycles. The summed E-state index contributed by atoms with van der Waals surface area (Å²) in [6.07, 6.45) is 7.75. The molecule has 0 bridgehead atoms. The molecule has 3 heteroatoms. The number of pyridine rings is 1. The first-order chi connectivity index (χ1) is 7.66. The lowest BCUT2D eigenvalue weighted by Crippen LogP contribution is -2.27. The van der Waals surface area contributed by atoms with Crippen LogP contribution in [0.5, 0.6) is 0 Å². The lowest BCUT2D eigenvalue weighted by atomic mass is 10.1. The predicted octanol–water partition coefficient (Wildman–Crippen LogP) is 3.86. The second-order valence-corrected chi connectivity index (χ2v) is 5.88. The van der Waals surface area contributed by atoms with Crippen LogP contribution in [0.15, 0.2) is 22.9 Å². The van der Waals surface area contributed by atoms with Gasteiger partial charge in [-0.05, 0) is 47.2 Å². The average Bonchev–Trinajstić information content (AvgIpc) is 3.02. The van der Waals surface area contributed by atoms with Crippen molar-refractivity contribution < 1.29 is 0 Å². The largest absolute Gasteiger partial charge is 0.367 e. The number of hydrogen-bond acceptors (Lipinski definition) is 2. The summed E-state index contributed by atoms with van der Waals surface area (Å²) < 4.78 is 1.07. The maximum atomic E-state index is 4.25. The Labute approximate surface area is 106 Å². The fourth-order valence-corrected chi connectivity index (χ4v) is 2.22. The van der Waals surface area contributed by atoms with Crippen LogP contribution in [0.25, 0.3) is 0 Å². The van der Waals surface area contributed by atoms with E-state index in [4.69, 9.17) is 0 Å². The van der Waals surface area contributed by atoms with Gasteiger partial charge in [0.1, 0.15) is 0 Å². The molecule has 2 nitrogen and oxygen atoms in total. The lowest BCUT2D eigenvalue weighted by molar-refractivity contribution is 0.570. The highest BCUT2D eigenvalue weighted by Crippen LogP contribution is 2.32. The van der Waals surface area contributed by atoms with Gasteiger partial charge in [-0.15, -0.1) is 0 Å². The van der Waals surface area contributed by atoms with E-state index >= 15 is 0 Å². The van der Waals surface area contributed by atoms with Crippen LogP contribution in [0.2, 0.25) is 0 Å². The quantitative estimate of drug-likeness (QED) is 0.815. The SMILES string of the molecule is CC(C)CCN(c1cncc(Br)c1)C1CC1. The zero-order valence-electron chi connectivity index (χ0n) is 9.99. The molecule has 1 aliphatic carbocycles. The third-order valence-corrected chi connectivity index (χ3v) is 3.39. The van der Waals surface area contributed by atoms with Crippen molar-refractivity contribution in [1.82, 2.24) is 4.98 Å². The van der Waals surface area contributed by atoms with Crippen molar-refractivity contribution in [2.45, 2.75) is 39.2 Å². The number of aromatic nitrogens is 1. The van der Waals surface area contributed by atoms with Crippen LogP contribution in [0.4, 0.5) is 5.69 Å². The summed E-state index contributed by atoms with van der Waals surface area (Å²) in [6.45, 7) is 5.72. The summed E-state index contributed by atoms with van der Waals surface area (Å²) in [4.78, 5) is 6.77. The van der Waals surface area contributed by atoms with Gasteiger partial charge in [-0.3, -0.25) is 4.98 Å². The van der Waals surface area contributed by atoms with Gasteiger partial charge in [0.15, 0.2) is 0 Å². The summed E-state index contributed by atoms with van der Waals surface area (Å²) >= 11 is 3.49. The third-order valence-electron chi connectivity index (χ3n) is 2.96. The summed E-state index contributed by atoms with van der Waals surface area (Å²) in [5.74, 6) is 0.765. The van der Waals surface area contributed by atoms with Crippen LogP contribution in [0.3, 0.4) is 0 Å². The normalized spacial score (nSPS) is 15.5. The fraction of sp³-hybridized carbons (Fsp3) is 0.615. The molecular weight excluding hydrogens is 264 g/mol. The maximum Gasteiger partial charge on any atom is 0.0566 e. The van der Waals surface area contributed by atoms with Crippen LogP contribution >= 0.6 is 15.9 Å². The van der Waals surface area contributed by atoms with Crippen LogP contribution < -0.4 is 4.90 Å². The third kappa shape index (κ3) is 3.21. The van der Waals surface area contributed by atoms with Crippen LogP contribution in [0, 0.1) is 5.92 Å². The fourth-order valence-electron chi connectivity index (χ4n) is 1.86. The highest BCUT2D eigenvalue weighted by atomic mass is 79.9. The topological polar surface area (TPSA) is 16.1 Å². The second-order valence-electron chi connectivity index (χ2n) is 4.97. The Morgan fingerprint density at radius 2 is 2.19 bits per heavy atom. The van der Waals surface area contributed by atoms with Gasteiger partial charge in [-0.25, -0.2) is 0 Å². The highest BCUT2D eigenvalue weighted by molar-refractivity contribution is 9.10. The van der Waals surface area contributed by atoms with Gasteiger partial charge in [0.05, 0.1) is 11.9 Å². The van der Waals surface area contributed by atoms with Gasteiger partial charge < -0.3 is 4.90 Å². The molecular formula is C13H19BrN2. The minimum Gasteiger partial charge on any atom is -0.367 e. The van der Waals surface area contributed by atoms with E-state index in [1.165, 1.54) is 24.9 Å². The molecule has 1 heterocycles. The van der Waals surface area contributed by atoms with E-state index in [0.717, 1.165) is 23.0 Å². The summed E-state index contributed by atoms with van der Waals surface area (Å²) in [5, 5.41) is 0. The monoisotopic (exact) mass is 282 g/mol. The number of hydrogen-bond donors (Lipinski definition) is 0. The Hall–Kier alpha value is -0.570. The molecule has 1 aromatic heterocycles. The Bertz CT molecular complexity index is 348. The molecule has 0 unspecified atom stereocenters. The van der Waals surface area contributed by atoms with Gasteiger partial charge in [0.25, 0.3) is 0 Å². The van der Waals surface area contributed by atoms with E-state index in [9.17, 15) is 0 Å². The standard InChI is InChI=1S/C13H19BrN2/c1-10(2)5-6-16(12-3-4-12)13-7-11(14)8-15-9-13/h7-10,12H,3-6H2,1-2H3. The number of halogens is 1. The Morgan fingerprint density at radius 1 is 1.44 bits per heavy atom. The van der Waals surface area contributed by atoms with Gasteiger partial charge in [0, 0.05) is 23.3 Å². The van der Waals surface area contributed by atoms with Crippen molar-refractivity contribution in [1.29, 1.82) is 0 Å². The highest BCUT2D eigenvalue weighted by Gasteiger charge is 2.29. The van der Waals surface area contributed by atoms with Crippen molar-refractivity contribution in [3.05, 3.63) is 22.9 Å². The smallest absolute Gasteiger partial charge is 0.0566 e. The average molecular weight is 283 g/mol. The van der Waals surface area contributed by atoms with Gasteiger partial charge in [-0.2, -0.15) is 0 Å². The molecule has 0 amide bonds. The minimum atomic E-state index is 0.759. The second kappa shape index (κ2) is 5.17. The molecule has 0 radical (unpaired) electrons. The van der Waals surface area contributed by atoms with E-state index in [2.05, 4.69) is 45.7 Å². The molecule has 88 valence electrons. The summed E-state index contributed by atoms with van der Waals surface area (Å²) in [7, 11) is 0. The van der Waals surface area contributed by atoms with Gasteiger partial charge in [-0.1, -0.05) is 13.8 Å². The zero-order chi connectivity index (χ0) is 11.5. The predicted molar refractivity (Wildman–Crippen MR) is 71.8 cm³/mol. The van der Waals surface area contributed by atoms with Crippen molar-refractivity contribution >= 4 is 21.6 Å². The van der Waals surface area contributed by atoms with E-state index in [-0.39, 0.29) is 0 Å². The molecule has 0 aliphatic heterocycles. The van der Waals surface area contributed by atoms with Crippen molar-refractivity contribution in [3.8, 4) is 0 Å². The molecule has 0 saturated heterocycles. The zero-order valence-corrected chi connectivity index (χ0v) is 11.6. The minimum absolute atomic E-state index is 0.759. The summed E-state index contributed by atoms with van der Waals surface area (Å²) in [5.41, 5.74) is 1.26. The Kier molecular flexibility index (Phi) is 3.85. The number of anilines is 1. The molecule has 2 rings (SSSR count). The molecule has 1 aromatic rings. The van der Waals surface area contributed by atoms with Crippen molar-refractivity contribution in [2.75, 3.05) is 11.4 Å². The molecule has 0 atom stereocenters. The van der Waals surface area contributed by atoms with Gasteiger partial charge in [0.2, 0.25) is 0 Å². The van der Waals surface area contributed by atoms with E-state index in [1.807, 2.05) is 12.4 Å².